The highest BCUT2D eigenvalue weighted by Gasteiger charge is 2.50. The van der Waals surface area contributed by atoms with E-state index in [0.717, 1.165) is 5.56 Å². The number of hydrogen-bond donors (Lipinski definition) is 2. The number of aliphatic carboxylic acids is 1. The van der Waals surface area contributed by atoms with Crippen LogP contribution in [0.5, 0.6) is 0 Å². The largest absolute Gasteiger partial charge is 0.481 e. The van der Waals surface area contributed by atoms with E-state index < -0.39 is 11.4 Å². The highest BCUT2D eigenvalue weighted by atomic mass is 16.4. The van der Waals surface area contributed by atoms with E-state index in [-0.39, 0.29) is 0 Å². The molecular formula is C13H14N2O2. The number of aryl methyl sites for hydroxylation is 1. The Morgan fingerprint density at radius 2 is 2.29 bits per heavy atom. The van der Waals surface area contributed by atoms with Crippen LogP contribution in [-0.2, 0) is 4.79 Å². The molecule has 2 N–H and O–H groups in total. The molecule has 0 saturated heterocycles. The molecule has 1 fully saturated rings. The van der Waals surface area contributed by atoms with Crippen LogP contribution in [0.4, 0.5) is 5.69 Å². The molecule has 0 bridgehead atoms. The number of hydrogen-bond acceptors (Lipinski definition) is 3. The van der Waals surface area contributed by atoms with E-state index in [2.05, 4.69) is 11.4 Å². The van der Waals surface area contributed by atoms with Crippen molar-refractivity contribution in [3.63, 3.8) is 0 Å². The van der Waals surface area contributed by atoms with Crippen molar-refractivity contribution < 1.29 is 9.90 Å². The number of nitrogens with one attached hydrogen (secondary N) is 1. The monoisotopic (exact) mass is 230 g/mol. The molecule has 2 rings (SSSR count). The van der Waals surface area contributed by atoms with Gasteiger partial charge in [-0.25, -0.2) is 0 Å². The van der Waals surface area contributed by atoms with Crippen LogP contribution in [0.3, 0.4) is 0 Å². The van der Waals surface area contributed by atoms with Crippen LogP contribution in [0.1, 0.15) is 24.0 Å². The minimum absolute atomic E-state index is 0.389. The standard InChI is InChI=1S/C13H14N2O2/c1-9-2-3-11(10(6-9)7-14)15-8-13(4-5-13)12(16)17/h2-3,6,15H,4-5,8H2,1H3,(H,16,17). The first-order chi connectivity index (χ1) is 8.07. The SMILES string of the molecule is Cc1ccc(NCC2(C(=O)O)CC2)c(C#N)c1. The zero-order chi connectivity index (χ0) is 12.5. The van der Waals surface area contributed by atoms with E-state index in [0.29, 0.717) is 30.6 Å². The fourth-order valence-corrected chi connectivity index (χ4v) is 1.79. The molecule has 1 aliphatic rings. The van der Waals surface area contributed by atoms with Gasteiger partial charge >= 0.3 is 5.97 Å². The van der Waals surface area contributed by atoms with Gasteiger partial charge in [0.1, 0.15) is 6.07 Å². The van der Waals surface area contributed by atoms with Crippen molar-refractivity contribution in [3.8, 4) is 6.07 Å². The van der Waals surface area contributed by atoms with Crippen molar-refractivity contribution in [2.24, 2.45) is 5.41 Å². The van der Waals surface area contributed by atoms with Crippen LogP contribution in [-0.4, -0.2) is 17.6 Å². The second-order valence-electron chi connectivity index (χ2n) is 4.60. The molecule has 0 unspecified atom stereocenters. The summed E-state index contributed by atoms with van der Waals surface area (Å²) >= 11 is 0. The third kappa shape index (κ3) is 2.23. The predicted molar refractivity (Wildman–Crippen MR) is 63.7 cm³/mol. The Morgan fingerprint density at radius 1 is 1.59 bits per heavy atom. The summed E-state index contributed by atoms with van der Waals surface area (Å²) in [6.07, 6.45) is 1.42. The second-order valence-corrected chi connectivity index (χ2v) is 4.60. The highest BCUT2D eigenvalue weighted by Crippen LogP contribution is 2.45. The van der Waals surface area contributed by atoms with Crippen molar-refractivity contribution in [1.82, 2.24) is 0 Å². The quantitative estimate of drug-likeness (QED) is 0.831. The van der Waals surface area contributed by atoms with E-state index in [4.69, 9.17) is 10.4 Å². The topological polar surface area (TPSA) is 73.1 Å². The predicted octanol–water partition coefficient (Wildman–Crippen LogP) is 2.14. The van der Waals surface area contributed by atoms with E-state index >= 15 is 0 Å². The van der Waals surface area contributed by atoms with Gasteiger partial charge in [-0.3, -0.25) is 4.79 Å². The number of carboxylic acids is 1. The third-order valence-electron chi connectivity index (χ3n) is 3.22. The fourth-order valence-electron chi connectivity index (χ4n) is 1.79. The maximum absolute atomic E-state index is 11.0. The molecule has 4 heteroatoms. The van der Waals surface area contributed by atoms with Gasteiger partial charge in [0, 0.05) is 6.54 Å². The molecule has 1 aliphatic carbocycles. The summed E-state index contributed by atoms with van der Waals surface area (Å²) in [6, 6.07) is 7.64. The lowest BCUT2D eigenvalue weighted by Gasteiger charge is -2.13. The molecule has 0 atom stereocenters. The first-order valence-corrected chi connectivity index (χ1v) is 5.55. The van der Waals surface area contributed by atoms with Crippen molar-refractivity contribution in [2.45, 2.75) is 19.8 Å². The molecule has 1 saturated carbocycles. The molecule has 0 aromatic heterocycles. The van der Waals surface area contributed by atoms with Gasteiger partial charge in [0.15, 0.2) is 0 Å². The number of benzene rings is 1. The zero-order valence-electron chi connectivity index (χ0n) is 9.66. The summed E-state index contributed by atoms with van der Waals surface area (Å²) in [4.78, 5) is 11.0. The molecule has 0 amide bonds. The Kier molecular flexibility index (Phi) is 2.76. The van der Waals surface area contributed by atoms with Crippen LogP contribution < -0.4 is 5.32 Å². The molecule has 17 heavy (non-hydrogen) atoms. The Hall–Kier alpha value is -2.02. The second kappa shape index (κ2) is 4.10. The van der Waals surface area contributed by atoms with Crippen LogP contribution in [0.25, 0.3) is 0 Å². The normalized spacial score (nSPS) is 16.0. The number of carboxylic acid groups (broad SMARTS) is 1. The Balaban J connectivity index is 2.10. The maximum Gasteiger partial charge on any atom is 0.311 e. The first-order valence-electron chi connectivity index (χ1n) is 5.55. The summed E-state index contributed by atoms with van der Waals surface area (Å²) in [5, 5.41) is 21.1. The summed E-state index contributed by atoms with van der Waals surface area (Å²) in [5.74, 6) is -0.754. The van der Waals surface area contributed by atoms with Crippen molar-refractivity contribution >= 4 is 11.7 Å². The van der Waals surface area contributed by atoms with Gasteiger partial charge in [-0.15, -0.1) is 0 Å². The van der Waals surface area contributed by atoms with Gasteiger partial charge in [-0.2, -0.15) is 5.26 Å². The Bertz CT molecular complexity index is 499. The number of rotatable bonds is 4. The molecule has 1 aromatic rings. The lowest BCUT2D eigenvalue weighted by molar-refractivity contribution is -0.142. The van der Waals surface area contributed by atoms with E-state index in [1.807, 2.05) is 19.1 Å². The molecule has 0 spiro atoms. The van der Waals surface area contributed by atoms with Crippen molar-refractivity contribution in [3.05, 3.63) is 29.3 Å². The third-order valence-corrected chi connectivity index (χ3v) is 3.22. The summed E-state index contributed by atoms with van der Waals surface area (Å²) in [5.41, 5.74) is 1.68. The maximum atomic E-state index is 11.0. The number of nitrogens with zero attached hydrogens (tertiary/aromatic N) is 1. The summed E-state index contributed by atoms with van der Waals surface area (Å²) in [6.45, 7) is 2.31. The van der Waals surface area contributed by atoms with Crippen LogP contribution in [0, 0.1) is 23.7 Å². The van der Waals surface area contributed by atoms with E-state index in [1.54, 1.807) is 6.07 Å². The number of carbonyl (C=O) groups is 1. The summed E-state index contributed by atoms with van der Waals surface area (Å²) in [7, 11) is 0. The average Bonchev–Trinajstić information content (AvgIpc) is 3.08. The van der Waals surface area contributed by atoms with Gasteiger partial charge in [-0.05, 0) is 37.5 Å². The van der Waals surface area contributed by atoms with E-state index in [1.165, 1.54) is 0 Å². The first kappa shape index (κ1) is 11.5. The average molecular weight is 230 g/mol. The molecule has 4 nitrogen and oxygen atoms in total. The van der Waals surface area contributed by atoms with Gasteiger partial charge in [0.05, 0.1) is 16.7 Å². The fraction of sp³-hybridized carbons (Fsp3) is 0.385. The molecule has 0 heterocycles. The summed E-state index contributed by atoms with van der Waals surface area (Å²) < 4.78 is 0. The van der Waals surface area contributed by atoms with Crippen LogP contribution in [0.15, 0.2) is 18.2 Å². The van der Waals surface area contributed by atoms with Gasteiger partial charge in [-0.1, -0.05) is 6.07 Å². The van der Waals surface area contributed by atoms with Crippen LogP contribution in [0.2, 0.25) is 0 Å². The molecule has 0 radical (unpaired) electrons. The number of nitriles is 1. The minimum Gasteiger partial charge on any atom is -0.481 e. The van der Waals surface area contributed by atoms with Crippen molar-refractivity contribution in [2.75, 3.05) is 11.9 Å². The smallest absolute Gasteiger partial charge is 0.311 e. The molecular weight excluding hydrogens is 216 g/mol. The highest BCUT2D eigenvalue weighted by molar-refractivity contribution is 5.78. The minimum atomic E-state index is -0.754. The van der Waals surface area contributed by atoms with Crippen LogP contribution >= 0.6 is 0 Å². The lowest BCUT2D eigenvalue weighted by Crippen LogP contribution is -2.24. The van der Waals surface area contributed by atoms with Gasteiger partial charge < -0.3 is 10.4 Å². The van der Waals surface area contributed by atoms with E-state index in [9.17, 15) is 4.79 Å². The van der Waals surface area contributed by atoms with Gasteiger partial charge in [0.2, 0.25) is 0 Å². The van der Waals surface area contributed by atoms with Crippen molar-refractivity contribution in [1.29, 1.82) is 5.26 Å². The zero-order valence-corrected chi connectivity index (χ0v) is 9.66. The number of anilines is 1. The molecule has 0 aliphatic heterocycles. The Labute approximate surface area is 99.9 Å². The molecule has 88 valence electrons. The van der Waals surface area contributed by atoms with Gasteiger partial charge in [0.25, 0.3) is 0 Å². The molecule has 1 aromatic carbocycles. The Morgan fingerprint density at radius 3 is 2.82 bits per heavy atom. The lowest BCUT2D eigenvalue weighted by atomic mass is 10.1.